The van der Waals surface area contributed by atoms with Gasteiger partial charge < -0.3 is 15.2 Å². The van der Waals surface area contributed by atoms with E-state index in [1.807, 2.05) is 6.92 Å². The van der Waals surface area contributed by atoms with Crippen molar-refractivity contribution >= 4 is 5.82 Å². The second kappa shape index (κ2) is 5.56. The first kappa shape index (κ1) is 13.6. The molecule has 5 nitrogen and oxygen atoms in total. The molecular weight excluding hydrogens is 252 g/mol. The summed E-state index contributed by atoms with van der Waals surface area (Å²) >= 11 is 0. The lowest BCUT2D eigenvalue weighted by Gasteiger charge is -2.36. The minimum atomic E-state index is -0.0669. The monoisotopic (exact) mass is 276 g/mol. The van der Waals surface area contributed by atoms with Gasteiger partial charge in [0.1, 0.15) is 11.6 Å². The third-order valence-corrected chi connectivity index (χ3v) is 4.89. The number of aromatic nitrogens is 2. The number of aromatic amines is 1. The first-order valence-corrected chi connectivity index (χ1v) is 7.71. The van der Waals surface area contributed by atoms with Crippen LogP contribution in [-0.2, 0) is 6.42 Å². The number of nitrogens with zero attached hydrogens (tertiary/aromatic N) is 2. The van der Waals surface area contributed by atoms with Gasteiger partial charge in [0.05, 0.1) is 0 Å². The fourth-order valence-corrected chi connectivity index (χ4v) is 3.71. The second-order valence-corrected chi connectivity index (χ2v) is 6.20. The van der Waals surface area contributed by atoms with E-state index in [0.29, 0.717) is 5.92 Å². The highest BCUT2D eigenvalue weighted by molar-refractivity contribution is 5.33. The number of nitrogens with one attached hydrogen (secondary N) is 2. The molecule has 5 heteroatoms. The number of hydrogen-bond acceptors (Lipinski definition) is 4. The largest absolute Gasteiger partial charge is 0.370 e. The van der Waals surface area contributed by atoms with Gasteiger partial charge in [-0.1, -0.05) is 6.92 Å². The fourth-order valence-electron chi connectivity index (χ4n) is 3.71. The van der Waals surface area contributed by atoms with Crippen LogP contribution in [0.5, 0.6) is 0 Å². The molecule has 0 aromatic carbocycles. The van der Waals surface area contributed by atoms with Crippen LogP contribution in [-0.4, -0.2) is 40.5 Å². The molecule has 1 aromatic rings. The summed E-state index contributed by atoms with van der Waals surface area (Å²) in [6, 6.07) is 3.08. The SMILES string of the molecule is CCc1nc(NCC2CC3CCC(C2)N3C)cc(=O)[nH]1. The standard InChI is InChI=1S/C15H24N4O/c1-3-13-17-14(8-15(20)18-13)16-9-10-6-11-4-5-12(7-10)19(11)2/h8,10-12H,3-7,9H2,1-2H3,(H2,16,17,18,20). The smallest absolute Gasteiger partial charge is 0.252 e. The lowest BCUT2D eigenvalue weighted by atomic mass is 9.91. The summed E-state index contributed by atoms with van der Waals surface area (Å²) in [5, 5.41) is 3.36. The molecule has 1 aromatic heterocycles. The molecule has 2 fully saturated rings. The number of anilines is 1. The van der Waals surface area contributed by atoms with Crippen LogP contribution in [0.1, 0.15) is 38.4 Å². The van der Waals surface area contributed by atoms with Crippen molar-refractivity contribution < 1.29 is 0 Å². The van der Waals surface area contributed by atoms with E-state index in [4.69, 9.17) is 0 Å². The number of rotatable bonds is 4. The summed E-state index contributed by atoms with van der Waals surface area (Å²) in [6.07, 6.45) is 5.98. The van der Waals surface area contributed by atoms with Gasteiger partial charge >= 0.3 is 0 Å². The molecule has 3 heterocycles. The summed E-state index contributed by atoms with van der Waals surface area (Å²) in [6.45, 7) is 2.93. The minimum absolute atomic E-state index is 0.0669. The first-order valence-electron chi connectivity index (χ1n) is 7.71. The zero-order valence-corrected chi connectivity index (χ0v) is 12.4. The van der Waals surface area contributed by atoms with Crippen LogP contribution in [0, 0.1) is 5.92 Å². The third kappa shape index (κ3) is 2.73. The molecule has 0 spiro atoms. The Morgan fingerprint density at radius 3 is 2.75 bits per heavy atom. The number of H-pyrrole nitrogens is 1. The highest BCUT2D eigenvalue weighted by Crippen LogP contribution is 2.37. The summed E-state index contributed by atoms with van der Waals surface area (Å²) in [4.78, 5) is 21.3. The van der Waals surface area contributed by atoms with Crippen LogP contribution in [0.15, 0.2) is 10.9 Å². The van der Waals surface area contributed by atoms with Crippen LogP contribution in [0.2, 0.25) is 0 Å². The molecule has 3 rings (SSSR count). The van der Waals surface area contributed by atoms with E-state index in [1.54, 1.807) is 6.07 Å². The molecular formula is C15H24N4O. The molecule has 2 aliphatic heterocycles. The van der Waals surface area contributed by atoms with Crippen LogP contribution >= 0.6 is 0 Å². The summed E-state index contributed by atoms with van der Waals surface area (Å²) < 4.78 is 0. The van der Waals surface area contributed by atoms with Crippen molar-refractivity contribution in [2.45, 2.75) is 51.1 Å². The molecule has 2 atom stereocenters. The van der Waals surface area contributed by atoms with Crippen molar-refractivity contribution in [2.24, 2.45) is 5.92 Å². The Labute approximate surface area is 119 Å². The van der Waals surface area contributed by atoms with Gasteiger partial charge in [0.25, 0.3) is 5.56 Å². The lowest BCUT2D eigenvalue weighted by Crippen LogP contribution is -2.41. The molecule has 2 bridgehead atoms. The summed E-state index contributed by atoms with van der Waals surface area (Å²) in [5.41, 5.74) is -0.0669. The Morgan fingerprint density at radius 2 is 2.10 bits per heavy atom. The Morgan fingerprint density at radius 1 is 1.40 bits per heavy atom. The van der Waals surface area contributed by atoms with E-state index < -0.39 is 0 Å². The molecule has 0 amide bonds. The van der Waals surface area contributed by atoms with E-state index in [1.165, 1.54) is 25.7 Å². The number of piperidine rings is 1. The van der Waals surface area contributed by atoms with Crippen LogP contribution < -0.4 is 10.9 Å². The van der Waals surface area contributed by atoms with Crippen molar-refractivity contribution in [3.63, 3.8) is 0 Å². The van der Waals surface area contributed by atoms with Gasteiger partial charge in [-0.25, -0.2) is 4.98 Å². The first-order chi connectivity index (χ1) is 9.65. The third-order valence-electron chi connectivity index (χ3n) is 4.89. The molecule has 2 unspecified atom stereocenters. The normalized spacial score (nSPS) is 29.6. The highest BCUT2D eigenvalue weighted by Gasteiger charge is 2.38. The maximum atomic E-state index is 11.5. The van der Waals surface area contributed by atoms with Gasteiger partial charge in [0.15, 0.2) is 0 Å². The summed E-state index contributed by atoms with van der Waals surface area (Å²) in [7, 11) is 2.26. The van der Waals surface area contributed by atoms with Crippen molar-refractivity contribution in [1.82, 2.24) is 14.9 Å². The Hall–Kier alpha value is -1.36. The molecule has 0 aliphatic carbocycles. The highest BCUT2D eigenvalue weighted by atomic mass is 16.1. The van der Waals surface area contributed by atoms with Gasteiger partial charge in [-0.05, 0) is 38.6 Å². The molecule has 2 N–H and O–H groups in total. The van der Waals surface area contributed by atoms with E-state index >= 15 is 0 Å². The van der Waals surface area contributed by atoms with Crippen molar-refractivity contribution in [2.75, 3.05) is 18.9 Å². The second-order valence-electron chi connectivity index (χ2n) is 6.20. The Balaban J connectivity index is 1.60. The van der Waals surface area contributed by atoms with Crippen LogP contribution in [0.25, 0.3) is 0 Å². The van der Waals surface area contributed by atoms with Crippen molar-refractivity contribution in [3.8, 4) is 0 Å². The van der Waals surface area contributed by atoms with E-state index in [2.05, 4.69) is 27.2 Å². The predicted octanol–water partition coefficient (Wildman–Crippen LogP) is 1.62. The van der Waals surface area contributed by atoms with Crippen molar-refractivity contribution in [1.29, 1.82) is 0 Å². The van der Waals surface area contributed by atoms with Gasteiger partial charge in [-0.3, -0.25) is 4.79 Å². The average Bonchev–Trinajstić information content (AvgIpc) is 2.66. The van der Waals surface area contributed by atoms with Crippen LogP contribution in [0.3, 0.4) is 0 Å². The average molecular weight is 276 g/mol. The molecule has 2 aliphatic rings. The Bertz CT molecular complexity index is 513. The quantitative estimate of drug-likeness (QED) is 0.877. The van der Waals surface area contributed by atoms with Gasteiger partial charge in [-0.2, -0.15) is 0 Å². The summed E-state index contributed by atoms with van der Waals surface area (Å²) in [5.74, 6) is 2.18. The maximum absolute atomic E-state index is 11.5. The lowest BCUT2D eigenvalue weighted by molar-refractivity contribution is 0.139. The Kier molecular flexibility index (Phi) is 3.78. The predicted molar refractivity (Wildman–Crippen MR) is 80.0 cm³/mol. The van der Waals surface area contributed by atoms with Gasteiger partial charge in [-0.15, -0.1) is 0 Å². The molecule has 20 heavy (non-hydrogen) atoms. The molecule has 2 saturated heterocycles. The van der Waals surface area contributed by atoms with E-state index in [9.17, 15) is 4.79 Å². The fraction of sp³-hybridized carbons (Fsp3) is 0.733. The van der Waals surface area contributed by atoms with Crippen molar-refractivity contribution in [3.05, 3.63) is 22.2 Å². The maximum Gasteiger partial charge on any atom is 0.252 e. The van der Waals surface area contributed by atoms with Gasteiger partial charge in [0, 0.05) is 31.1 Å². The molecule has 0 saturated carbocycles. The minimum Gasteiger partial charge on any atom is -0.370 e. The molecule has 110 valence electrons. The number of fused-ring (bicyclic) bond motifs is 2. The zero-order chi connectivity index (χ0) is 14.1. The van der Waals surface area contributed by atoms with Crippen LogP contribution in [0.4, 0.5) is 5.82 Å². The molecule has 0 radical (unpaired) electrons. The van der Waals surface area contributed by atoms with Gasteiger partial charge in [0.2, 0.25) is 0 Å². The number of hydrogen-bond donors (Lipinski definition) is 2. The van der Waals surface area contributed by atoms with E-state index in [-0.39, 0.29) is 5.56 Å². The number of aryl methyl sites for hydroxylation is 1. The van der Waals surface area contributed by atoms with E-state index in [0.717, 1.165) is 36.7 Å². The topological polar surface area (TPSA) is 61.0 Å². The zero-order valence-electron chi connectivity index (χ0n) is 12.4.